The lowest BCUT2D eigenvalue weighted by Gasteiger charge is -2.26. The van der Waals surface area contributed by atoms with Gasteiger partial charge in [-0.2, -0.15) is 0 Å². The van der Waals surface area contributed by atoms with Crippen LogP contribution in [0.5, 0.6) is 0 Å². The molecule has 73 heavy (non-hydrogen) atoms. The standard InChI is InChI=1S/C64H121NO8/c1-6-8-10-12-14-16-18-20-22-24-25-26-27-28-29-30-31-32-33-34-35-36-37-39-41-43-45-47-49-51-53-55-62(67)73-60(59-72-64(63(68)69)70-57-56-65(3,4)5)58-71-61(66)54-52-50-48-46-44-42-40-38-23-21-19-17-15-13-11-9-7-2/h18,20,24-25,60,64H,6-17,19,21-23,26-59H2,1-5H3/b20-18-,25-24-. The van der Waals surface area contributed by atoms with Crippen LogP contribution in [0.1, 0.15) is 309 Å². The van der Waals surface area contributed by atoms with E-state index in [9.17, 15) is 19.5 Å². The summed E-state index contributed by atoms with van der Waals surface area (Å²) in [5, 5.41) is 11.8. The number of unbranched alkanes of at least 4 members (excludes halogenated alkanes) is 40. The molecule has 0 aliphatic carbocycles. The Hall–Kier alpha value is -2.23. The van der Waals surface area contributed by atoms with Gasteiger partial charge in [0.05, 0.1) is 40.3 Å². The molecule has 9 heteroatoms. The van der Waals surface area contributed by atoms with Gasteiger partial charge in [0, 0.05) is 12.8 Å². The minimum Gasteiger partial charge on any atom is -0.545 e. The molecular weight excluding hydrogens is 911 g/mol. The molecule has 0 aromatic rings. The number of carbonyl (C=O) groups is 3. The second-order valence-electron chi connectivity index (χ2n) is 22.7. The zero-order chi connectivity index (χ0) is 53.4. The molecule has 0 spiro atoms. The number of carbonyl (C=O) groups excluding carboxylic acids is 3. The SMILES string of the molecule is CCCCCCC/C=C\C/C=C\CCCCCCCCCCCCCCCCCCCCCC(=O)OC(COC(=O)CCCCCCCCCCCCCCCCCCC)COC(OCC[N+](C)(C)C)C(=O)[O-]. The third kappa shape index (κ3) is 57.3. The quantitative estimate of drug-likeness (QED) is 0.0195. The van der Waals surface area contributed by atoms with Gasteiger partial charge in [0.25, 0.3) is 0 Å². The number of hydrogen-bond acceptors (Lipinski definition) is 8. The normalized spacial score (nSPS) is 12.8. The molecule has 0 saturated heterocycles. The molecule has 0 N–H and O–H groups in total. The maximum Gasteiger partial charge on any atom is 0.306 e. The van der Waals surface area contributed by atoms with Gasteiger partial charge >= 0.3 is 11.9 Å². The lowest BCUT2D eigenvalue weighted by molar-refractivity contribution is -0.870. The van der Waals surface area contributed by atoms with Gasteiger partial charge in [-0.15, -0.1) is 0 Å². The average molecular weight is 1030 g/mol. The van der Waals surface area contributed by atoms with Crippen LogP contribution < -0.4 is 5.11 Å². The van der Waals surface area contributed by atoms with E-state index in [-0.39, 0.29) is 32.2 Å². The van der Waals surface area contributed by atoms with Gasteiger partial charge in [-0.1, -0.05) is 276 Å². The number of allylic oxidation sites excluding steroid dienone is 4. The molecule has 0 aliphatic rings. The summed E-state index contributed by atoms with van der Waals surface area (Å²) in [7, 11) is 5.94. The molecule has 430 valence electrons. The molecule has 0 bridgehead atoms. The second kappa shape index (κ2) is 56.0. The fraction of sp³-hybridized carbons (Fsp3) is 0.891. The van der Waals surface area contributed by atoms with Crippen LogP contribution in [0.3, 0.4) is 0 Å². The topological polar surface area (TPSA) is 111 Å². The number of rotatable bonds is 59. The van der Waals surface area contributed by atoms with Gasteiger partial charge in [-0.3, -0.25) is 9.59 Å². The molecule has 2 unspecified atom stereocenters. The molecule has 0 aromatic heterocycles. The third-order valence-corrected chi connectivity index (χ3v) is 14.2. The van der Waals surface area contributed by atoms with Crippen molar-refractivity contribution in [3.63, 3.8) is 0 Å². The van der Waals surface area contributed by atoms with Gasteiger partial charge < -0.3 is 33.3 Å². The summed E-state index contributed by atoms with van der Waals surface area (Å²) in [5.41, 5.74) is 0. The fourth-order valence-electron chi connectivity index (χ4n) is 9.33. The van der Waals surface area contributed by atoms with Crippen molar-refractivity contribution in [3.8, 4) is 0 Å². The molecule has 0 fully saturated rings. The molecule has 0 amide bonds. The molecule has 0 heterocycles. The number of carboxylic acids is 1. The molecule has 0 aromatic carbocycles. The van der Waals surface area contributed by atoms with E-state index >= 15 is 0 Å². The summed E-state index contributed by atoms with van der Waals surface area (Å²) < 4.78 is 22.7. The van der Waals surface area contributed by atoms with E-state index in [0.29, 0.717) is 17.4 Å². The van der Waals surface area contributed by atoms with Crippen LogP contribution in [0, 0.1) is 0 Å². The molecule has 0 radical (unpaired) electrons. The minimum absolute atomic E-state index is 0.151. The Morgan fingerprint density at radius 3 is 1.08 bits per heavy atom. The zero-order valence-electron chi connectivity index (χ0n) is 49.0. The first-order valence-electron chi connectivity index (χ1n) is 31.5. The van der Waals surface area contributed by atoms with Gasteiger partial charge in [0.2, 0.25) is 0 Å². The number of hydrogen-bond donors (Lipinski definition) is 0. The largest absolute Gasteiger partial charge is 0.545 e. The van der Waals surface area contributed by atoms with Crippen molar-refractivity contribution in [1.82, 2.24) is 0 Å². The van der Waals surface area contributed by atoms with Crippen molar-refractivity contribution >= 4 is 17.9 Å². The fourth-order valence-corrected chi connectivity index (χ4v) is 9.33. The van der Waals surface area contributed by atoms with E-state index in [1.807, 2.05) is 21.1 Å². The molecule has 9 nitrogen and oxygen atoms in total. The third-order valence-electron chi connectivity index (χ3n) is 14.2. The summed E-state index contributed by atoms with van der Waals surface area (Å²) >= 11 is 0. The monoisotopic (exact) mass is 1030 g/mol. The van der Waals surface area contributed by atoms with E-state index < -0.39 is 24.3 Å². The lowest BCUT2D eigenvalue weighted by Crippen LogP contribution is -2.44. The van der Waals surface area contributed by atoms with E-state index in [1.54, 1.807) is 0 Å². The Kier molecular flexibility index (Phi) is 54.3. The number of carboxylic acid groups (broad SMARTS) is 1. The maximum atomic E-state index is 12.9. The van der Waals surface area contributed by atoms with Crippen molar-refractivity contribution in [2.24, 2.45) is 0 Å². The number of likely N-dealkylation sites (N-methyl/N-ethyl adjacent to an activating group) is 1. The van der Waals surface area contributed by atoms with Gasteiger partial charge in [0.1, 0.15) is 13.2 Å². The smallest absolute Gasteiger partial charge is 0.306 e. The van der Waals surface area contributed by atoms with Crippen LogP contribution in [0.15, 0.2) is 24.3 Å². The van der Waals surface area contributed by atoms with E-state index in [4.69, 9.17) is 18.9 Å². The van der Waals surface area contributed by atoms with Crippen LogP contribution in [-0.2, 0) is 33.3 Å². The van der Waals surface area contributed by atoms with Crippen molar-refractivity contribution in [2.75, 3.05) is 47.5 Å². The van der Waals surface area contributed by atoms with E-state index in [0.717, 1.165) is 44.9 Å². The molecule has 0 rings (SSSR count). The Labute approximate surface area is 452 Å². The van der Waals surface area contributed by atoms with Crippen LogP contribution in [-0.4, -0.2) is 82.3 Å². The first kappa shape index (κ1) is 70.8. The highest BCUT2D eigenvalue weighted by Gasteiger charge is 2.22. The highest BCUT2D eigenvalue weighted by molar-refractivity contribution is 5.70. The first-order chi connectivity index (χ1) is 35.6. The lowest BCUT2D eigenvalue weighted by atomic mass is 10.0. The summed E-state index contributed by atoms with van der Waals surface area (Å²) in [5.74, 6) is -2.26. The molecule has 2 atom stereocenters. The predicted molar refractivity (Wildman–Crippen MR) is 306 cm³/mol. The van der Waals surface area contributed by atoms with Crippen LogP contribution >= 0.6 is 0 Å². The Bertz CT molecular complexity index is 1250. The van der Waals surface area contributed by atoms with E-state index in [1.165, 1.54) is 238 Å². The summed E-state index contributed by atoms with van der Waals surface area (Å²) in [4.78, 5) is 37.3. The first-order valence-corrected chi connectivity index (χ1v) is 31.5. The van der Waals surface area contributed by atoms with Crippen molar-refractivity contribution < 1.29 is 42.9 Å². The number of quaternary nitrogens is 1. The maximum absolute atomic E-state index is 12.9. The Morgan fingerprint density at radius 2 is 0.740 bits per heavy atom. The minimum atomic E-state index is -1.62. The van der Waals surface area contributed by atoms with Crippen LogP contribution in [0.2, 0.25) is 0 Å². The summed E-state index contributed by atoms with van der Waals surface area (Å²) in [6, 6.07) is 0. The van der Waals surface area contributed by atoms with Crippen molar-refractivity contribution in [3.05, 3.63) is 24.3 Å². The Morgan fingerprint density at radius 1 is 0.411 bits per heavy atom. The molecule has 0 aliphatic heterocycles. The van der Waals surface area contributed by atoms with Crippen molar-refractivity contribution in [2.45, 2.75) is 322 Å². The van der Waals surface area contributed by atoms with E-state index in [2.05, 4.69) is 38.2 Å². The number of ether oxygens (including phenoxy) is 4. The van der Waals surface area contributed by atoms with Gasteiger partial charge in [0.15, 0.2) is 12.4 Å². The number of esters is 2. The van der Waals surface area contributed by atoms with Crippen LogP contribution in [0.25, 0.3) is 0 Å². The number of aliphatic carboxylic acids is 1. The van der Waals surface area contributed by atoms with Gasteiger partial charge in [-0.05, 0) is 44.9 Å². The highest BCUT2D eigenvalue weighted by Crippen LogP contribution is 2.18. The van der Waals surface area contributed by atoms with Gasteiger partial charge in [-0.25, -0.2) is 0 Å². The summed E-state index contributed by atoms with van der Waals surface area (Å²) in [6.07, 6.45) is 63.8. The molecule has 0 saturated carbocycles. The number of nitrogens with zero attached hydrogens (tertiary/aromatic N) is 1. The second-order valence-corrected chi connectivity index (χ2v) is 22.7. The van der Waals surface area contributed by atoms with Crippen LogP contribution in [0.4, 0.5) is 0 Å². The van der Waals surface area contributed by atoms with Crippen molar-refractivity contribution in [1.29, 1.82) is 0 Å². The summed E-state index contributed by atoms with van der Waals surface area (Å²) in [6.45, 7) is 4.80. The Balaban J connectivity index is 4.08. The molecular formula is C64H121NO8. The average Bonchev–Trinajstić information content (AvgIpc) is 3.36. The predicted octanol–water partition coefficient (Wildman–Crippen LogP) is 17.4. The highest BCUT2D eigenvalue weighted by atomic mass is 16.7. The zero-order valence-corrected chi connectivity index (χ0v) is 49.0.